The maximum absolute atomic E-state index is 13.7. The first kappa shape index (κ1) is 20.0. The molecule has 2 aromatic carbocycles. The standard InChI is InChI=1S/C19H14FO3.ClHO4/c1-12-8-14-9-18-19(22-11-21-18)10-15(14)17(23-12)7-6-13-4-2-3-5-16(13)20;2-1(3,4)5/h2-10H,11H2,1H3;(H,2,3,4,5)/q+1;/p-1/b7-6+;. The Kier molecular flexibility index (Phi) is 5.78. The monoisotopic (exact) mass is 408 g/mol. The summed E-state index contributed by atoms with van der Waals surface area (Å²) in [4.78, 5) is 0. The van der Waals surface area contributed by atoms with Gasteiger partial charge in [-0.2, -0.15) is 0 Å². The average Bonchev–Trinajstić information content (AvgIpc) is 3.05. The third-order valence-electron chi connectivity index (χ3n) is 3.76. The van der Waals surface area contributed by atoms with Gasteiger partial charge in [-0.1, -0.05) is 18.2 Å². The number of hydrogen-bond donors (Lipinski definition) is 0. The van der Waals surface area contributed by atoms with Crippen LogP contribution >= 0.6 is 0 Å². The fraction of sp³-hybridized carbons (Fsp3) is 0.105. The Morgan fingerprint density at radius 1 is 1.00 bits per heavy atom. The lowest BCUT2D eigenvalue weighted by Crippen LogP contribution is -2.68. The SMILES string of the molecule is Cc1cc2cc3c(cc2c(/C=C/c2ccccc2F)[o+]1)OCO3.[O-][Cl+3]([O-])([O-])[O-]. The summed E-state index contributed by atoms with van der Waals surface area (Å²) in [5.74, 6) is 2.58. The van der Waals surface area contributed by atoms with Gasteiger partial charge in [0.2, 0.25) is 6.79 Å². The van der Waals surface area contributed by atoms with Gasteiger partial charge in [-0.05, 0) is 18.2 Å². The number of aryl methyl sites for hydroxylation is 1. The summed E-state index contributed by atoms with van der Waals surface area (Å²) in [6.45, 7) is 2.10. The van der Waals surface area contributed by atoms with E-state index in [1.807, 2.05) is 25.1 Å². The van der Waals surface area contributed by atoms with Crippen LogP contribution in [0.1, 0.15) is 17.1 Å². The van der Waals surface area contributed by atoms with Crippen LogP contribution in [0.2, 0.25) is 0 Å². The van der Waals surface area contributed by atoms with Crippen molar-refractivity contribution in [3.05, 3.63) is 65.4 Å². The van der Waals surface area contributed by atoms with Crippen LogP contribution in [0, 0.1) is 23.0 Å². The van der Waals surface area contributed by atoms with E-state index >= 15 is 0 Å². The van der Waals surface area contributed by atoms with E-state index in [-0.39, 0.29) is 12.6 Å². The van der Waals surface area contributed by atoms with Crippen molar-refractivity contribution in [1.82, 2.24) is 0 Å². The second-order valence-electron chi connectivity index (χ2n) is 5.75. The predicted molar refractivity (Wildman–Crippen MR) is 86.8 cm³/mol. The van der Waals surface area contributed by atoms with Crippen LogP contribution in [0.3, 0.4) is 0 Å². The Hall–Kier alpha value is -2.75. The van der Waals surface area contributed by atoms with E-state index < -0.39 is 10.2 Å². The fourth-order valence-corrected chi connectivity index (χ4v) is 2.67. The van der Waals surface area contributed by atoms with Crippen molar-refractivity contribution in [2.24, 2.45) is 0 Å². The Morgan fingerprint density at radius 2 is 1.64 bits per heavy atom. The molecule has 0 unspecified atom stereocenters. The van der Waals surface area contributed by atoms with E-state index in [2.05, 4.69) is 0 Å². The molecule has 0 amide bonds. The zero-order valence-corrected chi connectivity index (χ0v) is 15.3. The molecule has 0 radical (unpaired) electrons. The van der Waals surface area contributed by atoms with E-state index in [4.69, 9.17) is 32.5 Å². The molecule has 1 aliphatic heterocycles. The number of rotatable bonds is 2. The van der Waals surface area contributed by atoms with Gasteiger partial charge in [-0.3, -0.25) is 0 Å². The molecule has 146 valence electrons. The number of ether oxygens (including phenoxy) is 2. The van der Waals surface area contributed by atoms with Gasteiger partial charge < -0.3 is 9.47 Å². The van der Waals surface area contributed by atoms with Gasteiger partial charge in [-0.25, -0.2) is 27.4 Å². The van der Waals surface area contributed by atoms with Crippen molar-refractivity contribution in [3.8, 4) is 11.5 Å². The van der Waals surface area contributed by atoms with E-state index in [0.717, 1.165) is 22.3 Å². The highest BCUT2D eigenvalue weighted by Crippen LogP contribution is 2.38. The highest BCUT2D eigenvalue weighted by Gasteiger charge is 2.20. The largest absolute Gasteiger partial charge is 0.454 e. The summed E-state index contributed by atoms with van der Waals surface area (Å²) in [6, 6.07) is 12.4. The molecule has 2 heterocycles. The third-order valence-corrected chi connectivity index (χ3v) is 3.76. The lowest BCUT2D eigenvalue weighted by atomic mass is 10.1. The van der Waals surface area contributed by atoms with Gasteiger partial charge in [0.15, 0.2) is 11.5 Å². The predicted octanol–water partition coefficient (Wildman–Crippen LogP) is 0.305. The minimum atomic E-state index is -4.94. The summed E-state index contributed by atoms with van der Waals surface area (Å²) in [5, 5.41) is 1.89. The summed E-state index contributed by atoms with van der Waals surface area (Å²) < 4.78 is 64.4. The average molecular weight is 409 g/mol. The molecule has 0 aliphatic carbocycles. The molecule has 9 heteroatoms. The molecule has 7 nitrogen and oxygen atoms in total. The van der Waals surface area contributed by atoms with E-state index in [1.165, 1.54) is 6.07 Å². The molecule has 0 fully saturated rings. The molecule has 0 bridgehead atoms. The first-order valence-corrected chi connectivity index (χ1v) is 9.15. The third kappa shape index (κ3) is 5.16. The van der Waals surface area contributed by atoms with Gasteiger partial charge in [0, 0.05) is 29.2 Å². The van der Waals surface area contributed by atoms with Crippen molar-refractivity contribution in [3.63, 3.8) is 0 Å². The van der Waals surface area contributed by atoms with Crippen LogP contribution in [-0.4, -0.2) is 6.79 Å². The highest BCUT2D eigenvalue weighted by molar-refractivity contribution is 5.93. The van der Waals surface area contributed by atoms with Crippen molar-refractivity contribution in [1.29, 1.82) is 0 Å². The Balaban J connectivity index is 0.000000403. The van der Waals surface area contributed by atoms with Crippen LogP contribution in [0.4, 0.5) is 4.39 Å². The second-order valence-corrected chi connectivity index (χ2v) is 6.50. The normalized spacial score (nSPS) is 12.9. The lowest BCUT2D eigenvalue weighted by molar-refractivity contribution is -2.00. The van der Waals surface area contributed by atoms with Gasteiger partial charge in [0.1, 0.15) is 5.82 Å². The Labute approximate surface area is 161 Å². The molecule has 1 aliphatic rings. The Bertz CT molecular complexity index is 1020. The van der Waals surface area contributed by atoms with E-state index in [1.54, 1.807) is 30.4 Å². The summed E-state index contributed by atoms with van der Waals surface area (Å²) >= 11 is 0. The molecule has 0 spiro atoms. The number of halogens is 2. The molecule has 4 rings (SSSR count). The molecule has 0 atom stereocenters. The van der Waals surface area contributed by atoms with Gasteiger partial charge in [0.05, 0.1) is 12.3 Å². The van der Waals surface area contributed by atoms with Crippen molar-refractivity contribution >= 4 is 22.9 Å². The molecule has 1 aromatic heterocycles. The van der Waals surface area contributed by atoms with Crippen LogP contribution < -0.4 is 28.1 Å². The van der Waals surface area contributed by atoms with Crippen LogP contribution in [0.15, 0.2) is 46.9 Å². The van der Waals surface area contributed by atoms with Gasteiger partial charge in [-0.15, -0.1) is 10.2 Å². The molecule has 3 aromatic rings. The zero-order chi connectivity index (χ0) is 20.3. The fourth-order valence-electron chi connectivity index (χ4n) is 2.67. The summed E-state index contributed by atoms with van der Waals surface area (Å²) in [7, 11) is -4.94. The number of benzene rings is 2. The quantitative estimate of drug-likeness (QED) is 0.559. The molecule has 0 N–H and O–H groups in total. The molecular formula is C19H14ClFO7. The first-order chi connectivity index (χ1) is 13.2. The maximum atomic E-state index is 13.7. The number of fused-ring (bicyclic) bond motifs is 2. The zero-order valence-electron chi connectivity index (χ0n) is 14.5. The van der Waals surface area contributed by atoms with Crippen molar-refractivity contribution in [2.75, 3.05) is 6.79 Å². The summed E-state index contributed by atoms with van der Waals surface area (Å²) in [6.07, 6.45) is 3.48. The Morgan fingerprint density at radius 3 is 2.32 bits per heavy atom. The van der Waals surface area contributed by atoms with Crippen LogP contribution in [0.25, 0.3) is 22.9 Å². The molecule has 28 heavy (non-hydrogen) atoms. The second kappa shape index (κ2) is 8.09. The first-order valence-electron chi connectivity index (χ1n) is 7.92. The lowest BCUT2D eigenvalue weighted by Gasteiger charge is -2.17. The van der Waals surface area contributed by atoms with Gasteiger partial charge in [0.25, 0.3) is 0 Å². The van der Waals surface area contributed by atoms with Crippen LogP contribution in [0.5, 0.6) is 11.5 Å². The van der Waals surface area contributed by atoms with Crippen molar-refractivity contribution < 1.29 is 47.2 Å². The molecular weight excluding hydrogens is 395 g/mol. The minimum absolute atomic E-state index is 0.224. The highest BCUT2D eigenvalue weighted by atomic mass is 35.7. The van der Waals surface area contributed by atoms with Crippen LogP contribution in [-0.2, 0) is 0 Å². The number of hydrogen-bond acceptors (Lipinski definition) is 6. The maximum Gasteiger partial charge on any atom is 0.360 e. The minimum Gasteiger partial charge on any atom is -0.454 e. The molecule has 0 saturated heterocycles. The summed E-state index contributed by atoms with van der Waals surface area (Å²) in [5.41, 5.74) is 0.512. The van der Waals surface area contributed by atoms with Crippen molar-refractivity contribution in [2.45, 2.75) is 6.92 Å². The van der Waals surface area contributed by atoms with E-state index in [9.17, 15) is 4.39 Å². The topological polar surface area (TPSA) is 122 Å². The van der Waals surface area contributed by atoms with E-state index in [0.29, 0.717) is 17.1 Å². The molecule has 0 saturated carbocycles. The van der Waals surface area contributed by atoms with Gasteiger partial charge >= 0.3 is 11.5 Å². The smallest absolute Gasteiger partial charge is 0.360 e.